The van der Waals surface area contributed by atoms with Gasteiger partial charge in [-0.05, 0) is 48.2 Å². The molecule has 0 saturated carbocycles. The van der Waals surface area contributed by atoms with E-state index in [0.717, 1.165) is 17.7 Å². The highest BCUT2D eigenvalue weighted by molar-refractivity contribution is 5.20. The van der Waals surface area contributed by atoms with Gasteiger partial charge in [0.2, 0.25) is 0 Å². The molecule has 0 atom stereocenters. The molecule has 122 valence electrons. The number of rotatable bonds is 1. The van der Waals surface area contributed by atoms with Crippen LogP contribution >= 0.6 is 0 Å². The predicted molar refractivity (Wildman–Crippen MR) is 82.9 cm³/mol. The van der Waals surface area contributed by atoms with E-state index in [9.17, 15) is 17.6 Å². The van der Waals surface area contributed by atoms with Gasteiger partial charge in [0.25, 0.3) is 0 Å². The molecule has 0 aliphatic heterocycles. The minimum Gasteiger partial charge on any atom is -0.207 e. The van der Waals surface area contributed by atoms with E-state index in [-0.39, 0.29) is 5.92 Å². The highest BCUT2D eigenvalue weighted by Crippen LogP contribution is 2.16. The van der Waals surface area contributed by atoms with Crippen molar-refractivity contribution in [3.05, 3.63) is 70.8 Å². The second-order valence-electron chi connectivity index (χ2n) is 4.78. The van der Waals surface area contributed by atoms with Crippen LogP contribution in [0.25, 0.3) is 0 Å². The maximum Gasteiger partial charge on any atom is 0.159 e. The van der Waals surface area contributed by atoms with Crippen LogP contribution in [0.1, 0.15) is 44.7 Å². The quantitative estimate of drug-likeness (QED) is 0.535. The van der Waals surface area contributed by atoms with Gasteiger partial charge in [-0.2, -0.15) is 0 Å². The summed E-state index contributed by atoms with van der Waals surface area (Å²) in [5, 5.41) is 0. The van der Waals surface area contributed by atoms with E-state index < -0.39 is 23.3 Å². The molecule has 0 radical (unpaired) electrons. The molecule has 0 aromatic heterocycles. The monoisotopic (exact) mass is 314 g/mol. The van der Waals surface area contributed by atoms with E-state index in [1.54, 1.807) is 13.0 Å². The lowest BCUT2D eigenvalue weighted by atomic mass is 10.0. The summed E-state index contributed by atoms with van der Waals surface area (Å²) < 4.78 is 49.3. The molecule has 0 aliphatic rings. The fourth-order valence-corrected chi connectivity index (χ4v) is 1.56. The highest BCUT2D eigenvalue weighted by atomic mass is 19.2. The Morgan fingerprint density at radius 3 is 1.59 bits per heavy atom. The lowest BCUT2D eigenvalue weighted by Gasteiger charge is -2.04. The van der Waals surface area contributed by atoms with Crippen LogP contribution in [0.5, 0.6) is 0 Å². The lowest BCUT2D eigenvalue weighted by molar-refractivity contribution is 0.506. The fraction of sp³-hybridized carbons (Fsp3) is 0.333. The molecule has 2 rings (SSSR count). The van der Waals surface area contributed by atoms with Gasteiger partial charge in [0.15, 0.2) is 11.6 Å². The van der Waals surface area contributed by atoms with Crippen molar-refractivity contribution in [1.82, 2.24) is 0 Å². The predicted octanol–water partition coefficient (Wildman–Crippen LogP) is 6.39. The zero-order valence-corrected chi connectivity index (χ0v) is 13.6. The Bertz CT molecular complexity index is 527. The summed E-state index contributed by atoms with van der Waals surface area (Å²) in [6.45, 7) is 9.52. The molecular weight excluding hydrogens is 292 g/mol. The number of hydrogen-bond donors (Lipinski definition) is 0. The van der Waals surface area contributed by atoms with Gasteiger partial charge in [0.05, 0.1) is 0 Å². The van der Waals surface area contributed by atoms with Gasteiger partial charge in [0.1, 0.15) is 11.6 Å². The molecule has 22 heavy (non-hydrogen) atoms. The average molecular weight is 314 g/mol. The van der Waals surface area contributed by atoms with Crippen LogP contribution in [0.15, 0.2) is 36.4 Å². The molecule has 0 heterocycles. The molecule has 0 bridgehead atoms. The number of halogens is 4. The van der Waals surface area contributed by atoms with Crippen molar-refractivity contribution in [3.8, 4) is 0 Å². The second-order valence-corrected chi connectivity index (χ2v) is 4.78. The maximum atomic E-state index is 12.6. The zero-order chi connectivity index (χ0) is 17.3. The SMILES string of the molecule is CC.CC(C)c1ccc(F)c(F)c1.Cc1cc(F)cc(F)c1. The van der Waals surface area contributed by atoms with Gasteiger partial charge < -0.3 is 0 Å². The fourth-order valence-electron chi connectivity index (χ4n) is 1.56. The van der Waals surface area contributed by atoms with Crippen LogP contribution in [0.4, 0.5) is 17.6 Å². The Hall–Kier alpha value is -1.84. The summed E-state index contributed by atoms with van der Waals surface area (Å²) in [6, 6.07) is 7.41. The molecule has 0 spiro atoms. The highest BCUT2D eigenvalue weighted by Gasteiger charge is 2.04. The topological polar surface area (TPSA) is 0 Å². The van der Waals surface area contributed by atoms with Gasteiger partial charge in [-0.1, -0.05) is 33.8 Å². The molecule has 0 unspecified atom stereocenters. The van der Waals surface area contributed by atoms with Crippen LogP contribution in [0.2, 0.25) is 0 Å². The average Bonchev–Trinajstić information content (AvgIpc) is 2.43. The lowest BCUT2D eigenvalue weighted by Crippen LogP contribution is -1.90. The van der Waals surface area contributed by atoms with Crippen molar-refractivity contribution in [2.75, 3.05) is 0 Å². The molecule has 0 amide bonds. The third-order valence-electron chi connectivity index (χ3n) is 2.62. The van der Waals surface area contributed by atoms with E-state index >= 15 is 0 Å². The van der Waals surface area contributed by atoms with Gasteiger partial charge in [0, 0.05) is 6.07 Å². The van der Waals surface area contributed by atoms with E-state index in [1.807, 2.05) is 27.7 Å². The molecule has 0 saturated heterocycles. The van der Waals surface area contributed by atoms with Gasteiger partial charge in [-0.25, -0.2) is 17.6 Å². The number of hydrogen-bond acceptors (Lipinski definition) is 0. The van der Waals surface area contributed by atoms with E-state index in [2.05, 4.69) is 0 Å². The Kier molecular flexibility index (Phi) is 9.15. The molecule has 2 aromatic rings. The van der Waals surface area contributed by atoms with Crippen molar-refractivity contribution in [2.45, 2.75) is 40.5 Å². The second kappa shape index (κ2) is 9.98. The normalized spacial score (nSPS) is 9.55. The number of aryl methyl sites for hydroxylation is 1. The molecule has 2 aromatic carbocycles. The molecule has 4 heteroatoms. The van der Waals surface area contributed by atoms with Crippen molar-refractivity contribution in [2.24, 2.45) is 0 Å². The van der Waals surface area contributed by atoms with Crippen LogP contribution in [0, 0.1) is 30.2 Å². The van der Waals surface area contributed by atoms with Crippen LogP contribution in [-0.2, 0) is 0 Å². The summed E-state index contributed by atoms with van der Waals surface area (Å²) in [7, 11) is 0. The van der Waals surface area contributed by atoms with Crippen molar-refractivity contribution < 1.29 is 17.6 Å². The number of benzene rings is 2. The standard InChI is InChI=1S/C9H10F2.C7H6F2.C2H6/c1-6(2)7-3-4-8(10)9(11)5-7;1-5-2-6(8)4-7(9)3-5;1-2/h3-6H,1-2H3;2-4H,1H3;1-2H3. The third kappa shape index (κ3) is 7.25. The van der Waals surface area contributed by atoms with Gasteiger partial charge >= 0.3 is 0 Å². The molecule has 0 fully saturated rings. The smallest absolute Gasteiger partial charge is 0.159 e. The molecule has 0 nitrogen and oxygen atoms in total. The Morgan fingerprint density at radius 1 is 0.727 bits per heavy atom. The summed E-state index contributed by atoms with van der Waals surface area (Å²) in [4.78, 5) is 0. The summed E-state index contributed by atoms with van der Waals surface area (Å²) in [5.41, 5.74) is 1.43. The van der Waals surface area contributed by atoms with E-state index in [1.165, 1.54) is 18.2 Å². The third-order valence-corrected chi connectivity index (χ3v) is 2.62. The van der Waals surface area contributed by atoms with Crippen molar-refractivity contribution in [3.63, 3.8) is 0 Å². The summed E-state index contributed by atoms with van der Waals surface area (Å²) >= 11 is 0. The van der Waals surface area contributed by atoms with E-state index in [4.69, 9.17) is 0 Å². The first-order chi connectivity index (χ1) is 10.3. The minimum atomic E-state index is -0.783. The zero-order valence-electron chi connectivity index (χ0n) is 13.6. The van der Waals surface area contributed by atoms with Crippen molar-refractivity contribution >= 4 is 0 Å². The first-order valence-corrected chi connectivity index (χ1v) is 7.17. The van der Waals surface area contributed by atoms with Crippen molar-refractivity contribution in [1.29, 1.82) is 0 Å². The first kappa shape index (κ1) is 20.2. The van der Waals surface area contributed by atoms with Crippen LogP contribution in [0.3, 0.4) is 0 Å². The Morgan fingerprint density at radius 2 is 1.23 bits per heavy atom. The Balaban J connectivity index is 0.000000366. The van der Waals surface area contributed by atoms with Gasteiger partial charge in [-0.3, -0.25) is 0 Å². The Labute approximate surface area is 129 Å². The van der Waals surface area contributed by atoms with Gasteiger partial charge in [-0.15, -0.1) is 0 Å². The van der Waals surface area contributed by atoms with E-state index in [0.29, 0.717) is 5.56 Å². The molecular formula is C18H22F4. The molecule has 0 aliphatic carbocycles. The molecule has 0 N–H and O–H groups in total. The summed E-state index contributed by atoms with van der Waals surface area (Å²) in [6.07, 6.45) is 0. The summed E-state index contributed by atoms with van der Waals surface area (Å²) in [5.74, 6) is -2.35. The van der Waals surface area contributed by atoms with Crippen LogP contribution < -0.4 is 0 Å². The maximum absolute atomic E-state index is 12.6. The largest absolute Gasteiger partial charge is 0.207 e. The van der Waals surface area contributed by atoms with Crippen LogP contribution in [-0.4, -0.2) is 0 Å². The minimum absolute atomic E-state index is 0.241. The first-order valence-electron chi connectivity index (χ1n) is 7.17.